The van der Waals surface area contributed by atoms with Crippen LogP contribution in [0.5, 0.6) is 0 Å². The minimum Gasteiger partial charge on any atom is -0.394 e. The topological polar surface area (TPSA) is 32.3 Å². The fraction of sp³-hybridized carbons (Fsp3) is 0.647. The van der Waals surface area contributed by atoms with Gasteiger partial charge in [-0.25, -0.2) is 0 Å². The third kappa shape index (κ3) is 6.29. The van der Waals surface area contributed by atoms with Crippen LogP contribution in [0.4, 0.5) is 0 Å². The minimum atomic E-state index is -0.141. The number of hydrogen-bond donors (Lipinski definition) is 2. The van der Waals surface area contributed by atoms with E-state index >= 15 is 0 Å². The number of aliphatic hydroxyl groups excluding tert-OH is 1. The zero-order valence-electron chi connectivity index (χ0n) is 13.3. The second-order valence-corrected chi connectivity index (χ2v) is 7.21. The number of hydrogen-bond acceptors (Lipinski definition) is 3. The summed E-state index contributed by atoms with van der Waals surface area (Å²) in [5.41, 5.74) is 2.67. The quantitative estimate of drug-likeness (QED) is 0.680. The first-order valence-electron chi connectivity index (χ1n) is 7.47. The molecule has 0 aliphatic heterocycles. The van der Waals surface area contributed by atoms with Gasteiger partial charge >= 0.3 is 0 Å². The molecular weight excluding hydrogens is 266 g/mol. The summed E-state index contributed by atoms with van der Waals surface area (Å²) in [5.74, 6) is 2.23. The van der Waals surface area contributed by atoms with E-state index in [2.05, 4.69) is 57.3 Å². The predicted octanol–water partition coefficient (Wildman–Crippen LogP) is 3.76. The molecule has 0 aliphatic carbocycles. The molecule has 0 heterocycles. The van der Waals surface area contributed by atoms with Gasteiger partial charge in [-0.05, 0) is 43.6 Å². The number of nitrogens with one attached hydrogen (secondary N) is 1. The maximum atomic E-state index is 9.54. The van der Waals surface area contributed by atoms with Gasteiger partial charge < -0.3 is 10.4 Å². The number of thioether (sulfide) groups is 1. The second kappa shape index (κ2) is 8.71. The van der Waals surface area contributed by atoms with E-state index in [1.165, 1.54) is 11.1 Å². The highest BCUT2D eigenvalue weighted by Gasteiger charge is 2.22. The van der Waals surface area contributed by atoms with E-state index in [0.29, 0.717) is 6.04 Å². The van der Waals surface area contributed by atoms with Crippen molar-refractivity contribution in [1.29, 1.82) is 0 Å². The summed E-state index contributed by atoms with van der Waals surface area (Å²) in [6.45, 7) is 8.74. The molecular formula is C17H29NOS. The van der Waals surface area contributed by atoms with Crippen molar-refractivity contribution in [3.05, 3.63) is 35.4 Å². The Balaban J connectivity index is 2.26. The highest BCUT2D eigenvalue weighted by Crippen LogP contribution is 2.19. The van der Waals surface area contributed by atoms with E-state index in [-0.39, 0.29) is 12.1 Å². The molecule has 1 aromatic rings. The van der Waals surface area contributed by atoms with Crippen LogP contribution in [0.2, 0.25) is 0 Å². The molecule has 3 heteroatoms. The van der Waals surface area contributed by atoms with Gasteiger partial charge in [-0.3, -0.25) is 0 Å². The molecule has 1 atom stereocenters. The van der Waals surface area contributed by atoms with Crippen molar-refractivity contribution in [1.82, 2.24) is 5.32 Å². The fourth-order valence-corrected chi connectivity index (χ4v) is 3.45. The minimum absolute atomic E-state index is 0.141. The lowest BCUT2D eigenvalue weighted by Crippen LogP contribution is -2.49. The van der Waals surface area contributed by atoms with Crippen LogP contribution >= 0.6 is 11.8 Å². The van der Waals surface area contributed by atoms with Gasteiger partial charge in [0.1, 0.15) is 0 Å². The Morgan fingerprint density at radius 1 is 1.30 bits per heavy atom. The SMILES string of the molecule is Cc1ccccc1CSCCCC(C)(CO)NC(C)C. The summed E-state index contributed by atoms with van der Waals surface area (Å²) in [4.78, 5) is 0. The smallest absolute Gasteiger partial charge is 0.0610 e. The Hall–Kier alpha value is -0.510. The van der Waals surface area contributed by atoms with Crippen LogP contribution in [-0.2, 0) is 5.75 Å². The van der Waals surface area contributed by atoms with Crippen LogP contribution in [0.1, 0.15) is 44.7 Å². The first-order valence-corrected chi connectivity index (χ1v) is 8.63. The summed E-state index contributed by atoms with van der Waals surface area (Å²) in [7, 11) is 0. The van der Waals surface area contributed by atoms with Crippen LogP contribution in [-0.4, -0.2) is 29.0 Å². The van der Waals surface area contributed by atoms with Crippen LogP contribution in [0.15, 0.2) is 24.3 Å². The predicted molar refractivity (Wildman–Crippen MR) is 90.3 cm³/mol. The van der Waals surface area contributed by atoms with Crippen LogP contribution in [0.3, 0.4) is 0 Å². The van der Waals surface area contributed by atoms with Gasteiger partial charge in [0.15, 0.2) is 0 Å². The number of rotatable bonds is 9. The Bertz CT molecular complexity index is 394. The lowest BCUT2D eigenvalue weighted by Gasteiger charge is -2.31. The van der Waals surface area contributed by atoms with E-state index in [1.807, 2.05) is 11.8 Å². The maximum Gasteiger partial charge on any atom is 0.0610 e. The molecule has 0 spiro atoms. The number of aliphatic hydroxyl groups is 1. The van der Waals surface area contributed by atoms with E-state index in [1.54, 1.807) is 0 Å². The molecule has 0 bridgehead atoms. The maximum absolute atomic E-state index is 9.54. The molecule has 0 radical (unpaired) electrons. The fourth-order valence-electron chi connectivity index (χ4n) is 2.41. The molecule has 1 aromatic carbocycles. The molecule has 0 saturated carbocycles. The van der Waals surface area contributed by atoms with E-state index in [4.69, 9.17) is 0 Å². The van der Waals surface area contributed by atoms with Crippen molar-refractivity contribution >= 4 is 11.8 Å². The largest absolute Gasteiger partial charge is 0.394 e. The monoisotopic (exact) mass is 295 g/mol. The van der Waals surface area contributed by atoms with Crippen molar-refractivity contribution < 1.29 is 5.11 Å². The van der Waals surface area contributed by atoms with Gasteiger partial charge in [0.2, 0.25) is 0 Å². The Labute approximate surface area is 128 Å². The average molecular weight is 295 g/mol. The molecule has 0 fully saturated rings. The molecule has 0 aliphatic rings. The zero-order valence-corrected chi connectivity index (χ0v) is 14.1. The first kappa shape index (κ1) is 17.5. The summed E-state index contributed by atoms with van der Waals surface area (Å²) >= 11 is 1.98. The summed E-state index contributed by atoms with van der Waals surface area (Å²) in [6, 6.07) is 8.99. The molecule has 114 valence electrons. The Morgan fingerprint density at radius 3 is 2.60 bits per heavy atom. The second-order valence-electron chi connectivity index (χ2n) is 6.10. The van der Waals surface area contributed by atoms with Crippen LogP contribution in [0.25, 0.3) is 0 Å². The van der Waals surface area contributed by atoms with Crippen molar-refractivity contribution in [3.8, 4) is 0 Å². The standard InChI is InChI=1S/C17H29NOS/c1-14(2)18-17(4,13-19)10-7-11-20-12-16-9-6-5-8-15(16)3/h5-6,8-9,14,18-19H,7,10-13H2,1-4H3. The first-order chi connectivity index (χ1) is 9.47. The molecule has 0 saturated heterocycles. The molecule has 20 heavy (non-hydrogen) atoms. The normalized spacial score (nSPS) is 14.5. The molecule has 2 nitrogen and oxygen atoms in total. The molecule has 1 rings (SSSR count). The number of aryl methyl sites for hydroxylation is 1. The highest BCUT2D eigenvalue weighted by molar-refractivity contribution is 7.98. The zero-order chi connectivity index (χ0) is 15.0. The van der Waals surface area contributed by atoms with Crippen molar-refractivity contribution in [2.24, 2.45) is 0 Å². The van der Waals surface area contributed by atoms with Gasteiger partial charge in [-0.2, -0.15) is 11.8 Å². The third-order valence-electron chi connectivity index (χ3n) is 3.52. The average Bonchev–Trinajstić information content (AvgIpc) is 2.39. The van der Waals surface area contributed by atoms with Gasteiger partial charge in [0.25, 0.3) is 0 Å². The van der Waals surface area contributed by atoms with E-state index < -0.39 is 0 Å². The summed E-state index contributed by atoms with van der Waals surface area (Å²) in [6.07, 6.45) is 2.15. The third-order valence-corrected chi connectivity index (χ3v) is 4.61. The summed E-state index contributed by atoms with van der Waals surface area (Å²) < 4.78 is 0. The molecule has 1 unspecified atom stereocenters. The van der Waals surface area contributed by atoms with Crippen molar-refractivity contribution in [2.75, 3.05) is 12.4 Å². The Kier molecular flexibility index (Phi) is 7.63. The van der Waals surface area contributed by atoms with Gasteiger partial charge in [-0.1, -0.05) is 38.1 Å². The molecule has 0 amide bonds. The van der Waals surface area contributed by atoms with E-state index in [0.717, 1.165) is 24.3 Å². The van der Waals surface area contributed by atoms with Gasteiger partial charge in [-0.15, -0.1) is 0 Å². The van der Waals surface area contributed by atoms with Crippen LogP contribution < -0.4 is 5.32 Å². The van der Waals surface area contributed by atoms with E-state index in [9.17, 15) is 5.11 Å². The Morgan fingerprint density at radius 2 is 2.00 bits per heavy atom. The number of benzene rings is 1. The van der Waals surface area contributed by atoms with Crippen molar-refractivity contribution in [3.63, 3.8) is 0 Å². The lowest BCUT2D eigenvalue weighted by molar-refractivity contribution is 0.156. The van der Waals surface area contributed by atoms with Crippen molar-refractivity contribution in [2.45, 2.75) is 57.9 Å². The molecule has 0 aromatic heterocycles. The van der Waals surface area contributed by atoms with Crippen LogP contribution in [0, 0.1) is 6.92 Å². The summed E-state index contributed by atoms with van der Waals surface area (Å²) in [5, 5.41) is 13.0. The highest BCUT2D eigenvalue weighted by atomic mass is 32.2. The van der Waals surface area contributed by atoms with Gasteiger partial charge in [0.05, 0.1) is 6.61 Å². The lowest BCUT2D eigenvalue weighted by atomic mass is 9.96. The molecule has 2 N–H and O–H groups in total. The van der Waals surface area contributed by atoms with Gasteiger partial charge in [0, 0.05) is 17.3 Å².